The smallest absolute Gasteiger partial charge is 0.340 e. The fraction of sp³-hybridized carbons (Fsp3) is 0.0870. The fourth-order valence-electron chi connectivity index (χ4n) is 2.48. The van der Waals surface area contributed by atoms with Crippen molar-refractivity contribution in [3.05, 3.63) is 104 Å². The van der Waals surface area contributed by atoms with Gasteiger partial charge in [-0.3, -0.25) is 4.79 Å². The van der Waals surface area contributed by atoms with Crippen molar-refractivity contribution in [2.75, 3.05) is 14.2 Å². The first-order valence-corrected chi connectivity index (χ1v) is 9.92. The second-order valence-corrected chi connectivity index (χ2v) is 7.27. The summed E-state index contributed by atoms with van der Waals surface area (Å²) < 4.78 is 9.04. The third-order valence-corrected chi connectivity index (χ3v) is 4.84. The van der Waals surface area contributed by atoms with E-state index in [0.29, 0.717) is 21.2 Å². The Balaban J connectivity index is 0.000000221. The first-order valence-electron chi connectivity index (χ1n) is 8.79. The Labute approximate surface area is 194 Å². The molecule has 0 fully saturated rings. The molecule has 0 saturated carbocycles. The van der Waals surface area contributed by atoms with Crippen molar-refractivity contribution in [2.24, 2.45) is 0 Å². The Hall–Kier alpha value is -2.86. The summed E-state index contributed by atoms with van der Waals surface area (Å²) in [5.41, 5.74) is 1.35. The van der Waals surface area contributed by atoms with E-state index in [4.69, 9.17) is 34.8 Å². The lowest BCUT2D eigenvalue weighted by molar-refractivity contribution is 0.0555. The predicted octanol–water partition coefficient (Wildman–Crippen LogP) is 6.14. The van der Waals surface area contributed by atoms with E-state index in [-0.39, 0.29) is 21.9 Å². The van der Waals surface area contributed by atoms with Crippen LogP contribution in [0.1, 0.15) is 36.6 Å². The van der Waals surface area contributed by atoms with Gasteiger partial charge < -0.3 is 9.47 Å². The third kappa shape index (κ3) is 6.56. The zero-order valence-corrected chi connectivity index (χ0v) is 18.8. The van der Waals surface area contributed by atoms with E-state index in [9.17, 15) is 14.4 Å². The minimum absolute atomic E-state index is 0.0218. The standard InChI is InChI=1S/C13H8Cl2O.C10H9ClO4/c14-11-5-1-9(2-6-11)13(16)10-3-7-12(15)8-4-10;1-14-9(12)6-4-3-5-7(11)8(6)10(13)15-2/h1-8H;3-5H,1-2H3. The zero-order chi connectivity index (χ0) is 23.0. The first kappa shape index (κ1) is 24.4. The maximum Gasteiger partial charge on any atom is 0.340 e. The van der Waals surface area contributed by atoms with Gasteiger partial charge >= 0.3 is 11.9 Å². The molecule has 0 aliphatic carbocycles. The molecule has 0 aromatic heterocycles. The quantitative estimate of drug-likeness (QED) is 0.332. The normalized spacial score (nSPS) is 9.84. The zero-order valence-electron chi connectivity index (χ0n) is 16.5. The summed E-state index contributed by atoms with van der Waals surface area (Å²) in [6.07, 6.45) is 0. The molecule has 0 aliphatic heterocycles. The Bertz CT molecular complexity index is 1030. The van der Waals surface area contributed by atoms with Gasteiger partial charge in [0.15, 0.2) is 5.78 Å². The molecule has 0 saturated heterocycles. The molecule has 0 amide bonds. The predicted molar refractivity (Wildman–Crippen MR) is 120 cm³/mol. The summed E-state index contributed by atoms with van der Waals surface area (Å²) in [6, 6.07) is 18.1. The number of ether oxygens (including phenoxy) is 2. The van der Waals surface area contributed by atoms with Gasteiger partial charge in [0.25, 0.3) is 0 Å². The van der Waals surface area contributed by atoms with Gasteiger partial charge in [0.2, 0.25) is 0 Å². The Morgan fingerprint density at radius 3 is 1.52 bits per heavy atom. The molecule has 0 heterocycles. The number of ketones is 1. The SMILES string of the molecule is COC(=O)c1cccc(Cl)c1C(=O)OC.O=C(c1ccc(Cl)cc1)c1ccc(Cl)cc1. The minimum atomic E-state index is -0.666. The first-order chi connectivity index (χ1) is 14.8. The van der Waals surface area contributed by atoms with Gasteiger partial charge in [-0.05, 0) is 60.7 Å². The van der Waals surface area contributed by atoms with Crippen LogP contribution in [-0.4, -0.2) is 31.9 Å². The molecule has 3 rings (SSSR count). The highest BCUT2D eigenvalue weighted by Crippen LogP contribution is 2.21. The maximum atomic E-state index is 12.0. The van der Waals surface area contributed by atoms with Crippen molar-refractivity contribution in [1.82, 2.24) is 0 Å². The highest BCUT2D eigenvalue weighted by atomic mass is 35.5. The highest BCUT2D eigenvalue weighted by Gasteiger charge is 2.21. The molecule has 0 radical (unpaired) electrons. The summed E-state index contributed by atoms with van der Waals surface area (Å²) >= 11 is 17.3. The van der Waals surface area contributed by atoms with Gasteiger partial charge in [0.05, 0.1) is 30.4 Å². The van der Waals surface area contributed by atoms with E-state index in [0.717, 1.165) is 0 Å². The topological polar surface area (TPSA) is 69.7 Å². The molecule has 3 aromatic carbocycles. The second kappa shape index (κ2) is 11.5. The molecule has 0 bridgehead atoms. The summed E-state index contributed by atoms with van der Waals surface area (Å²) in [5, 5.41) is 1.39. The molecule has 0 atom stereocenters. The van der Waals surface area contributed by atoms with Crippen molar-refractivity contribution in [1.29, 1.82) is 0 Å². The number of rotatable bonds is 4. The van der Waals surface area contributed by atoms with E-state index >= 15 is 0 Å². The second-order valence-electron chi connectivity index (χ2n) is 5.99. The number of carbonyl (C=O) groups is 3. The van der Waals surface area contributed by atoms with Crippen LogP contribution in [0.3, 0.4) is 0 Å². The van der Waals surface area contributed by atoms with Crippen LogP contribution >= 0.6 is 34.8 Å². The Morgan fingerprint density at radius 2 is 1.10 bits per heavy atom. The van der Waals surface area contributed by atoms with Crippen LogP contribution < -0.4 is 0 Å². The summed E-state index contributed by atoms with van der Waals surface area (Å²) in [5.74, 6) is -1.33. The van der Waals surface area contributed by atoms with Gasteiger partial charge in [-0.25, -0.2) is 9.59 Å². The van der Waals surface area contributed by atoms with E-state index in [1.54, 1.807) is 54.6 Å². The molecule has 0 aliphatic rings. The Kier molecular flexibility index (Phi) is 9.06. The summed E-state index contributed by atoms with van der Waals surface area (Å²) in [7, 11) is 2.44. The van der Waals surface area contributed by atoms with Crippen LogP contribution in [0.25, 0.3) is 0 Å². The number of hydrogen-bond donors (Lipinski definition) is 0. The largest absolute Gasteiger partial charge is 0.465 e. The number of esters is 2. The molecule has 0 N–H and O–H groups in total. The number of halogens is 3. The van der Waals surface area contributed by atoms with Crippen molar-refractivity contribution < 1.29 is 23.9 Å². The molecule has 31 heavy (non-hydrogen) atoms. The summed E-state index contributed by atoms with van der Waals surface area (Å²) in [6.45, 7) is 0. The molecule has 0 unspecified atom stereocenters. The van der Waals surface area contributed by atoms with E-state index in [1.807, 2.05) is 0 Å². The van der Waals surface area contributed by atoms with E-state index in [1.165, 1.54) is 26.4 Å². The van der Waals surface area contributed by atoms with Gasteiger partial charge in [-0.1, -0.05) is 40.9 Å². The molecule has 0 spiro atoms. The maximum absolute atomic E-state index is 12.0. The van der Waals surface area contributed by atoms with Gasteiger partial charge in [0, 0.05) is 21.2 Å². The number of carbonyl (C=O) groups excluding carboxylic acids is 3. The molecular formula is C23H17Cl3O5. The van der Waals surface area contributed by atoms with Crippen molar-refractivity contribution in [3.8, 4) is 0 Å². The molecule has 3 aromatic rings. The number of methoxy groups -OCH3 is 2. The molecular weight excluding hydrogens is 463 g/mol. The summed E-state index contributed by atoms with van der Waals surface area (Å²) in [4.78, 5) is 34.7. The lowest BCUT2D eigenvalue weighted by Gasteiger charge is -2.07. The minimum Gasteiger partial charge on any atom is -0.465 e. The van der Waals surface area contributed by atoms with E-state index in [2.05, 4.69) is 9.47 Å². The highest BCUT2D eigenvalue weighted by molar-refractivity contribution is 6.34. The van der Waals surface area contributed by atoms with Crippen molar-refractivity contribution in [3.63, 3.8) is 0 Å². The van der Waals surface area contributed by atoms with E-state index < -0.39 is 11.9 Å². The van der Waals surface area contributed by atoms with Crippen LogP contribution in [0, 0.1) is 0 Å². The molecule has 8 heteroatoms. The van der Waals surface area contributed by atoms with Gasteiger partial charge in [-0.2, -0.15) is 0 Å². The lowest BCUT2D eigenvalue weighted by atomic mass is 10.0. The van der Waals surface area contributed by atoms with Crippen LogP contribution in [0.5, 0.6) is 0 Å². The fourth-order valence-corrected chi connectivity index (χ4v) is 2.99. The molecule has 5 nitrogen and oxygen atoms in total. The Morgan fingerprint density at radius 1 is 0.645 bits per heavy atom. The number of benzene rings is 3. The van der Waals surface area contributed by atoms with Crippen molar-refractivity contribution in [2.45, 2.75) is 0 Å². The van der Waals surface area contributed by atoms with Crippen LogP contribution in [0.2, 0.25) is 15.1 Å². The lowest BCUT2D eigenvalue weighted by Crippen LogP contribution is -2.12. The molecule has 160 valence electrons. The van der Waals surface area contributed by atoms with Gasteiger partial charge in [-0.15, -0.1) is 0 Å². The van der Waals surface area contributed by atoms with Crippen LogP contribution in [-0.2, 0) is 9.47 Å². The van der Waals surface area contributed by atoms with Crippen LogP contribution in [0.15, 0.2) is 66.7 Å². The van der Waals surface area contributed by atoms with Crippen LogP contribution in [0.4, 0.5) is 0 Å². The monoisotopic (exact) mass is 478 g/mol. The third-order valence-electron chi connectivity index (χ3n) is 4.02. The van der Waals surface area contributed by atoms with Crippen molar-refractivity contribution >= 4 is 52.5 Å². The van der Waals surface area contributed by atoms with Gasteiger partial charge in [0.1, 0.15) is 0 Å². The number of hydrogen-bond acceptors (Lipinski definition) is 5. The average Bonchev–Trinajstić information content (AvgIpc) is 2.79. The average molecular weight is 480 g/mol.